The fourth-order valence-electron chi connectivity index (χ4n) is 11.3. The number of para-hydroxylation sites is 2. The van der Waals surface area contributed by atoms with Gasteiger partial charge in [0.05, 0.1) is 16.7 Å². The van der Waals surface area contributed by atoms with Gasteiger partial charge in [-0.2, -0.15) is 0 Å². The quantitative estimate of drug-likeness (QED) is 0.0754. The first-order valence-electron chi connectivity index (χ1n) is 24.5. The normalized spacial score (nSPS) is 11.7. The van der Waals surface area contributed by atoms with Crippen molar-refractivity contribution in [3.63, 3.8) is 0 Å². The van der Waals surface area contributed by atoms with Crippen LogP contribution in [-0.4, -0.2) is 12.6 Å². The molecule has 0 aliphatic carbocycles. The first-order valence-corrected chi connectivity index (χ1v) is 26.5. The van der Waals surface area contributed by atoms with Crippen LogP contribution in [0.5, 0.6) is 0 Å². The van der Waals surface area contributed by atoms with E-state index in [-0.39, 0.29) is 0 Å². The van der Waals surface area contributed by atoms with Gasteiger partial charge >= 0.3 is 0 Å². The van der Waals surface area contributed by atoms with Crippen LogP contribution < -0.4 is 25.6 Å². The van der Waals surface area contributed by atoms with Crippen molar-refractivity contribution in [1.29, 1.82) is 0 Å². The van der Waals surface area contributed by atoms with Crippen molar-refractivity contribution < 1.29 is 0 Å². The van der Waals surface area contributed by atoms with Crippen molar-refractivity contribution in [2.24, 2.45) is 0 Å². The zero-order valence-corrected chi connectivity index (χ0v) is 40.1. The minimum Gasteiger partial charge on any atom is -0.310 e. The molecule has 0 saturated heterocycles. The molecule has 3 heteroatoms. The molecule has 0 atom stereocenters. The van der Waals surface area contributed by atoms with Crippen LogP contribution in [0.4, 0.5) is 17.1 Å². The van der Waals surface area contributed by atoms with Crippen LogP contribution in [0.15, 0.2) is 291 Å². The minimum atomic E-state index is -2.72. The van der Waals surface area contributed by atoms with E-state index >= 15 is 0 Å². The van der Waals surface area contributed by atoms with Gasteiger partial charge in [0.2, 0.25) is 0 Å². The predicted molar refractivity (Wildman–Crippen MR) is 305 cm³/mol. The number of rotatable bonds is 10. The van der Waals surface area contributed by atoms with Crippen molar-refractivity contribution >= 4 is 89.2 Å². The van der Waals surface area contributed by atoms with E-state index < -0.39 is 8.07 Å². The fourth-order valence-corrected chi connectivity index (χ4v) is 16.1. The van der Waals surface area contributed by atoms with Crippen molar-refractivity contribution in [3.05, 3.63) is 291 Å². The summed E-state index contributed by atoms with van der Waals surface area (Å²) in [6.45, 7) is 0. The monoisotopic (exact) mass is 920 g/mol. The van der Waals surface area contributed by atoms with Gasteiger partial charge in [0.15, 0.2) is 8.07 Å². The van der Waals surface area contributed by atoms with E-state index in [1.54, 1.807) is 0 Å². The summed E-state index contributed by atoms with van der Waals surface area (Å²) in [7, 11) is -2.72. The second kappa shape index (κ2) is 17.8. The molecule has 0 radical (unpaired) electrons. The summed E-state index contributed by atoms with van der Waals surface area (Å²) in [6.07, 6.45) is 0. The zero-order chi connectivity index (χ0) is 47.1. The molecule has 0 fully saturated rings. The summed E-state index contributed by atoms with van der Waals surface area (Å²) in [5.74, 6) is 0. The largest absolute Gasteiger partial charge is 0.310 e. The lowest BCUT2D eigenvalue weighted by molar-refractivity contribution is 1.18. The van der Waals surface area contributed by atoms with E-state index in [0.717, 1.165) is 28.3 Å². The van der Waals surface area contributed by atoms with E-state index in [1.165, 1.54) is 80.8 Å². The van der Waals surface area contributed by atoms with Crippen molar-refractivity contribution in [2.45, 2.75) is 0 Å². The summed E-state index contributed by atoms with van der Waals surface area (Å²) in [4.78, 5) is 2.44. The highest BCUT2D eigenvalue weighted by Crippen LogP contribution is 2.44. The molecule has 71 heavy (non-hydrogen) atoms. The molecule has 0 bridgehead atoms. The number of anilines is 3. The van der Waals surface area contributed by atoms with Crippen LogP contribution in [0.3, 0.4) is 0 Å². The molecule has 0 amide bonds. The molecule has 12 aromatic carbocycles. The lowest BCUT2D eigenvalue weighted by Gasteiger charge is -2.34. The maximum atomic E-state index is 2.46. The topological polar surface area (TPSA) is 8.17 Å². The Labute approximate surface area is 415 Å². The Morgan fingerprint density at radius 1 is 0.282 bits per heavy atom. The van der Waals surface area contributed by atoms with Crippen LogP contribution in [0.1, 0.15) is 0 Å². The van der Waals surface area contributed by atoms with Crippen LogP contribution in [0.2, 0.25) is 0 Å². The van der Waals surface area contributed by atoms with E-state index in [0.29, 0.717) is 0 Å². The SMILES string of the molecule is c1ccc(-n2c3ccccc3c3c(N(c4ccc(-c5cccc([Si](c6ccccc6)(c6ccccc6)c6ccccc6)c5)cc4)c4ccc(-c5ccc6c(ccc7ccccc76)c5)cc4)cccc32)cc1. The first-order chi connectivity index (χ1) is 35.2. The van der Waals surface area contributed by atoms with Crippen molar-refractivity contribution in [1.82, 2.24) is 4.57 Å². The number of hydrogen-bond acceptors (Lipinski definition) is 1. The highest BCUT2D eigenvalue weighted by Gasteiger charge is 2.41. The van der Waals surface area contributed by atoms with Crippen LogP contribution >= 0.6 is 0 Å². The molecule has 0 N–H and O–H groups in total. The number of aromatic nitrogens is 1. The number of benzene rings is 12. The third kappa shape index (κ3) is 7.26. The van der Waals surface area contributed by atoms with Gasteiger partial charge in [-0.05, 0) is 125 Å². The average molecular weight is 921 g/mol. The van der Waals surface area contributed by atoms with Gasteiger partial charge in [0.1, 0.15) is 0 Å². The maximum Gasteiger partial charge on any atom is 0.179 e. The Hall–Kier alpha value is -9.02. The molecule has 0 saturated carbocycles. The average Bonchev–Trinajstić information content (AvgIpc) is 3.80. The third-order valence-corrected chi connectivity index (χ3v) is 19.3. The van der Waals surface area contributed by atoms with Gasteiger partial charge in [-0.15, -0.1) is 0 Å². The lowest BCUT2D eigenvalue weighted by Crippen LogP contribution is -2.74. The van der Waals surface area contributed by atoms with Gasteiger partial charge in [0, 0.05) is 27.8 Å². The van der Waals surface area contributed by atoms with E-state index in [4.69, 9.17) is 0 Å². The molecule has 0 aliphatic rings. The van der Waals surface area contributed by atoms with Gasteiger partial charge in [-0.3, -0.25) is 0 Å². The molecule has 2 nitrogen and oxygen atoms in total. The molecule has 0 spiro atoms. The van der Waals surface area contributed by atoms with E-state index in [2.05, 4.69) is 301 Å². The molecular weight excluding hydrogens is 873 g/mol. The summed E-state index contributed by atoms with van der Waals surface area (Å²) >= 11 is 0. The molecule has 1 aromatic heterocycles. The third-order valence-electron chi connectivity index (χ3n) is 14.5. The Kier molecular flexibility index (Phi) is 10.6. The summed E-state index contributed by atoms with van der Waals surface area (Å²) in [5, 5.41) is 12.9. The second-order valence-corrected chi connectivity index (χ2v) is 22.2. The first kappa shape index (κ1) is 42.1. The summed E-state index contributed by atoms with van der Waals surface area (Å²) < 4.78 is 2.40. The number of fused-ring (bicyclic) bond motifs is 6. The molecule has 0 aliphatic heterocycles. The molecule has 334 valence electrons. The van der Waals surface area contributed by atoms with Gasteiger partial charge < -0.3 is 9.47 Å². The Morgan fingerprint density at radius 2 is 0.746 bits per heavy atom. The molecule has 1 heterocycles. The van der Waals surface area contributed by atoms with Crippen molar-refractivity contribution in [2.75, 3.05) is 4.90 Å². The number of hydrogen-bond donors (Lipinski definition) is 0. The maximum absolute atomic E-state index is 2.72. The van der Waals surface area contributed by atoms with Crippen molar-refractivity contribution in [3.8, 4) is 27.9 Å². The standard InChI is InChI=1S/C68H48N2Si/c1-5-21-55(22-6-1)70-65-32-16-15-31-64(65)68-66(33-18-34-67(68)70)69(57-44-39-50(40-45-57)53-41-46-63-54(47-53)36-35-51-19-13-14-30-62(51)63)56-42-37-49(38-43-56)52-20-17-29-61(48-52)71(58-23-7-2-8-24-58,59-25-9-3-10-26-59)60-27-11-4-12-28-60/h1-48H. The summed E-state index contributed by atoms with van der Waals surface area (Å²) in [5.41, 5.74) is 11.5. The van der Waals surface area contributed by atoms with E-state index in [1.807, 2.05) is 0 Å². The van der Waals surface area contributed by atoms with Gasteiger partial charge in [-0.1, -0.05) is 231 Å². The molecule has 13 rings (SSSR count). The zero-order valence-electron chi connectivity index (χ0n) is 39.1. The molecular formula is C68H48N2Si. The van der Waals surface area contributed by atoms with Crippen LogP contribution in [-0.2, 0) is 0 Å². The smallest absolute Gasteiger partial charge is 0.179 e. The van der Waals surface area contributed by atoms with E-state index in [9.17, 15) is 0 Å². The molecule has 0 unspecified atom stereocenters. The Morgan fingerprint density at radius 3 is 1.38 bits per heavy atom. The highest BCUT2D eigenvalue weighted by atomic mass is 28.3. The van der Waals surface area contributed by atoms with Gasteiger partial charge in [0.25, 0.3) is 0 Å². The Balaban J connectivity index is 0.953. The second-order valence-electron chi connectivity index (χ2n) is 18.4. The lowest BCUT2D eigenvalue weighted by atomic mass is 9.97. The minimum absolute atomic E-state index is 1.08. The Bertz CT molecular complexity index is 3920. The van der Waals surface area contributed by atoms with Crippen LogP contribution in [0, 0.1) is 0 Å². The fraction of sp³-hybridized carbons (Fsp3) is 0. The molecule has 13 aromatic rings. The number of nitrogens with zero attached hydrogens (tertiary/aromatic N) is 2. The van der Waals surface area contributed by atoms with Gasteiger partial charge in [-0.25, -0.2) is 0 Å². The highest BCUT2D eigenvalue weighted by molar-refractivity contribution is 7.19. The predicted octanol–water partition coefficient (Wildman–Crippen LogP) is 15.3. The summed E-state index contributed by atoms with van der Waals surface area (Å²) in [6, 6.07) is 107. The van der Waals surface area contributed by atoms with Crippen LogP contribution in [0.25, 0.3) is 71.3 Å².